The van der Waals surface area contributed by atoms with Gasteiger partial charge in [-0.2, -0.15) is 0 Å². The van der Waals surface area contributed by atoms with Gasteiger partial charge in [0.1, 0.15) is 10.4 Å². The van der Waals surface area contributed by atoms with Gasteiger partial charge in [0.2, 0.25) is 0 Å². The molecule has 1 atom stereocenters. The van der Waals surface area contributed by atoms with Gasteiger partial charge in [-0.05, 0) is 36.1 Å². The van der Waals surface area contributed by atoms with Crippen molar-refractivity contribution < 1.29 is 24.9 Å². The van der Waals surface area contributed by atoms with Crippen LogP contribution in [0.3, 0.4) is 0 Å². The summed E-state index contributed by atoms with van der Waals surface area (Å²) < 4.78 is 0.197. The molecular formula is C16H17NO5S2. The lowest BCUT2D eigenvalue weighted by atomic mass is 10.0. The highest BCUT2D eigenvalue weighted by molar-refractivity contribution is 8.26. The molecule has 1 fully saturated rings. The van der Waals surface area contributed by atoms with Crippen LogP contribution < -0.4 is 0 Å². The zero-order valence-corrected chi connectivity index (χ0v) is 14.7. The van der Waals surface area contributed by atoms with Gasteiger partial charge in [-0.1, -0.05) is 43.9 Å². The second-order valence-corrected chi connectivity index (χ2v) is 7.46. The Bertz CT molecular complexity index is 729. The number of nitrogens with zero attached hydrogens (tertiary/aromatic N) is 1. The summed E-state index contributed by atoms with van der Waals surface area (Å²) in [5, 5.41) is 28.3. The average Bonchev–Trinajstić information content (AvgIpc) is 2.75. The Morgan fingerprint density at radius 2 is 2.00 bits per heavy atom. The quantitative estimate of drug-likeness (QED) is 0.418. The van der Waals surface area contributed by atoms with E-state index in [1.165, 1.54) is 24.3 Å². The van der Waals surface area contributed by atoms with Crippen molar-refractivity contribution in [1.82, 2.24) is 4.90 Å². The number of carbonyl (C=O) groups excluding carboxylic acids is 1. The largest absolute Gasteiger partial charge is 0.504 e. The minimum Gasteiger partial charge on any atom is -0.504 e. The fourth-order valence-electron chi connectivity index (χ4n) is 2.29. The van der Waals surface area contributed by atoms with Crippen LogP contribution in [0.15, 0.2) is 23.1 Å². The number of carbonyl (C=O) groups is 2. The maximum atomic E-state index is 12.6. The second-order valence-electron chi connectivity index (χ2n) is 5.78. The summed E-state index contributed by atoms with van der Waals surface area (Å²) in [6.07, 6.45) is 1.81. The van der Waals surface area contributed by atoms with E-state index in [2.05, 4.69) is 0 Å². The number of phenols is 2. The highest BCUT2D eigenvalue weighted by atomic mass is 32.2. The molecule has 1 aliphatic rings. The van der Waals surface area contributed by atoms with Crippen LogP contribution in [0.2, 0.25) is 0 Å². The Balaban J connectivity index is 2.31. The van der Waals surface area contributed by atoms with E-state index in [9.17, 15) is 24.9 Å². The van der Waals surface area contributed by atoms with Gasteiger partial charge >= 0.3 is 5.97 Å². The molecule has 1 saturated heterocycles. The molecule has 0 aliphatic carbocycles. The van der Waals surface area contributed by atoms with E-state index in [0.717, 1.165) is 16.7 Å². The van der Waals surface area contributed by atoms with Crippen molar-refractivity contribution in [3.05, 3.63) is 28.7 Å². The molecule has 1 heterocycles. The zero-order valence-electron chi connectivity index (χ0n) is 13.1. The monoisotopic (exact) mass is 367 g/mol. The maximum absolute atomic E-state index is 12.6. The Morgan fingerprint density at radius 3 is 2.54 bits per heavy atom. The van der Waals surface area contributed by atoms with Crippen LogP contribution >= 0.6 is 24.0 Å². The third kappa shape index (κ3) is 3.88. The molecule has 1 aromatic carbocycles. The first-order valence-electron chi connectivity index (χ1n) is 7.22. The summed E-state index contributed by atoms with van der Waals surface area (Å²) in [4.78, 5) is 25.5. The molecule has 2 rings (SSSR count). The van der Waals surface area contributed by atoms with Gasteiger partial charge in [0.25, 0.3) is 5.91 Å². The topological polar surface area (TPSA) is 98.1 Å². The summed E-state index contributed by atoms with van der Waals surface area (Å²) in [5.41, 5.74) is 0.501. The van der Waals surface area contributed by atoms with Crippen LogP contribution in [0.1, 0.15) is 25.8 Å². The van der Waals surface area contributed by atoms with E-state index in [1.807, 2.05) is 13.8 Å². The Labute approximate surface area is 148 Å². The summed E-state index contributed by atoms with van der Waals surface area (Å²) in [6.45, 7) is 3.76. The number of aromatic hydroxyl groups is 2. The molecule has 0 aromatic heterocycles. The smallest absolute Gasteiger partial charge is 0.326 e. The zero-order chi connectivity index (χ0) is 18.0. The van der Waals surface area contributed by atoms with Crippen LogP contribution in [-0.2, 0) is 9.59 Å². The number of aliphatic carboxylic acids is 1. The number of phenolic OH excluding ortho intramolecular Hbond substituents is 2. The maximum Gasteiger partial charge on any atom is 0.326 e. The van der Waals surface area contributed by atoms with Crippen molar-refractivity contribution in [2.45, 2.75) is 26.3 Å². The van der Waals surface area contributed by atoms with Crippen molar-refractivity contribution in [3.63, 3.8) is 0 Å². The van der Waals surface area contributed by atoms with E-state index >= 15 is 0 Å². The number of thioether (sulfide) groups is 1. The molecule has 0 saturated carbocycles. The number of hydrogen-bond acceptors (Lipinski definition) is 6. The highest BCUT2D eigenvalue weighted by Crippen LogP contribution is 2.36. The highest BCUT2D eigenvalue weighted by Gasteiger charge is 2.40. The van der Waals surface area contributed by atoms with Crippen LogP contribution in [0.5, 0.6) is 11.5 Å². The van der Waals surface area contributed by atoms with Gasteiger partial charge in [-0.3, -0.25) is 9.69 Å². The van der Waals surface area contributed by atoms with Gasteiger partial charge in [-0.15, -0.1) is 0 Å². The number of amides is 1. The fraction of sp³-hybridized carbons (Fsp3) is 0.312. The molecular weight excluding hydrogens is 350 g/mol. The molecule has 1 amide bonds. The number of carboxylic acid groups (broad SMARTS) is 1. The molecule has 1 aromatic rings. The third-order valence-corrected chi connectivity index (χ3v) is 4.74. The molecule has 8 heteroatoms. The van der Waals surface area contributed by atoms with Gasteiger partial charge < -0.3 is 15.3 Å². The van der Waals surface area contributed by atoms with Crippen molar-refractivity contribution in [3.8, 4) is 11.5 Å². The Kier molecular flexibility index (Phi) is 5.51. The van der Waals surface area contributed by atoms with Crippen molar-refractivity contribution in [2.75, 3.05) is 0 Å². The fourth-order valence-corrected chi connectivity index (χ4v) is 3.65. The van der Waals surface area contributed by atoms with Crippen LogP contribution in [0.4, 0.5) is 0 Å². The van der Waals surface area contributed by atoms with E-state index in [4.69, 9.17) is 12.2 Å². The van der Waals surface area contributed by atoms with Crippen molar-refractivity contribution >= 4 is 46.3 Å². The Hall–Kier alpha value is -2.06. The molecule has 6 nitrogen and oxygen atoms in total. The standard InChI is InChI=1S/C16H17NO5S2/c1-8(2)5-10(15(21)22)17-14(20)13(24-16(17)23)7-9-3-4-11(18)12(19)6-9/h3-4,6-8,10,18-19H,5H2,1-2H3,(H,21,22). The van der Waals surface area contributed by atoms with Crippen LogP contribution in [0.25, 0.3) is 6.08 Å². The molecule has 0 spiro atoms. The molecule has 0 radical (unpaired) electrons. The predicted molar refractivity (Wildman–Crippen MR) is 95.7 cm³/mol. The van der Waals surface area contributed by atoms with E-state index in [0.29, 0.717) is 12.0 Å². The first kappa shape index (κ1) is 18.3. The van der Waals surface area contributed by atoms with Gasteiger partial charge in [-0.25, -0.2) is 4.79 Å². The van der Waals surface area contributed by atoms with Crippen molar-refractivity contribution in [1.29, 1.82) is 0 Å². The van der Waals surface area contributed by atoms with Gasteiger partial charge in [0.05, 0.1) is 4.91 Å². The Morgan fingerprint density at radius 1 is 1.33 bits per heavy atom. The number of carboxylic acids is 1. The number of benzene rings is 1. The minimum absolute atomic E-state index is 0.0915. The number of hydrogen-bond donors (Lipinski definition) is 3. The molecule has 1 unspecified atom stereocenters. The minimum atomic E-state index is -1.09. The second kappa shape index (κ2) is 7.23. The predicted octanol–water partition coefficient (Wildman–Crippen LogP) is 2.80. The lowest BCUT2D eigenvalue weighted by Crippen LogP contribution is -2.44. The molecule has 128 valence electrons. The number of rotatable bonds is 5. The van der Waals surface area contributed by atoms with Gasteiger partial charge in [0.15, 0.2) is 11.5 Å². The SMILES string of the molecule is CC(C)CC(C(=O)O)N1C(=O)C(=Cc2ccc(O)c(O)c2)SC1=S. The van der Waals surface area contributed by atoms with Gasteiger partial charge in [0, 0.05) is 0 Å². The third-order valence-electron chi connectivity index (χ3n) is 3.41. The van der Waals surface area contributed by atoms with E-state index in [1.54, 1.807) is 0 Å². The first-order chi connectivity index (χ1) is 11.2. The summed E-state index contributed by atoms with van der Waals surface area (Å²) in [5.74, 6) is -2.03. The van der Waals surface area contributed by atoms with Crippen LogP contribution in [0, 0.1) is 5.92 Å². The van der Waals surface area contributed by atoms with Crippen LogP contribution in [-0.4, -0.2) is 42.5 Å². The van der Waals surface area contributed by atoms with E-state index in [-0.39, 0.29) is 26.6 Å². The molecule has 3 N–H and O–H groups in total. The first-order valence-corrected chi connectivity index (χ1v) is 8.45. The summed E-state index contributed by atoms with van der Waals surface area (Å²) in [7, 11) is 0. The number of thiocarbonyl (C=S) groups is 1. The summed E-state index contributed by atoms with van der Waals surface area (Å²) >= 11 is 6.20. The van der Waals surface area contributed by atoms with E-state index < -0.39 is 17.9 Å². The molecule has 0 bridgehead atoms. The lowest BCUT2D eigenvalue weighted by molar-refractivity contribution is -0.145. The molecule has 24 heavy (non-hydrogen) atoms. The molecule has 1 aliphatic heterocycles. The average molecular weight is 367 g/mol. The normalized spacial score (nSPS) is 17.8. The van der Waals surface area contributed by atoms with Crippen molar-refractivity contribution in [2.24, 2.45) is 5.92 Å². The summed E-state index contributed by atoms with van der Waals surface area (Å²) in [6, 6.07) is 3.15. The lowest BCUT2D eigenvalue weighted by Gasteiger charge is -2.24.